The number of ketones is 1. The SMILES string of the molecule is Cc1cc(Nc2cc(C(F)(F)F)ccn2)nc(C(=O)CN)c1.Cl. The molecule has 0 amide bonds. The predicted octanol–water partition coefficient (Wildman–Crippen LogP) is 3.11. The van der Waals surface area contributed by atoms with E-state index in [4.69, 9.17) is 5.73 Å². The summed E-state index contributed by atoms with van der Waals surface area (Å²) in [5, 5.41) is 2.66. The Kier molecular flexibility index (Phi) is 6.05. The first-order chi connectivity index (χ1) is 10.3. The summed E-state index contributed by atoms with van der Waals surface area (Å²) in [4.78, 5) is 19.4. The number of nitrogens with one attached hydrogen (secondary N) is 1. The van der Waals surface area contributed by atoms with Gasteiger partial charge in [-0.05, 0) is 36.8 Å². The van der Waals surface area contributed by atoms with E-state index in [1.54, 1.807) is 19.1 Å². The van der Waals surface area contributed by atoms with E-state index in [2.05, 4.69) is 15.3 Å². The third-order valence-electron chi connectivity index (χ3n) is 2.78. The van der Waals surface area contributed by atoms with Crippen LogP contribution < -0.4 is 11.1 Å². The predicted molar refractivity (Wildman–Crippen MR) is 82.1 cm³/mol. The average molecular weight is 347 g/mol. The molecule has 0 saturated heterocycles. The number of carbonyl (C=O) groups is 1. The van der Waals surface area contributed by atoms with Gasteiger partial charge >= 0.3 is 6.18 Å². The Morgan fingerprint density at radius 1 is 1.26 bits per heavy atom. The number of rotatable bonds is 4. The molecule has 0 bridgehead atoms. The highest BCUT2D eigenvalue weighted by Crippen LogP contribution is 2.30. The number of nitrogens with two attached hydrogens (primary N) is 1. The Morgan fingerprint density at radius 3 is 2.57 bits per heavy atom. The second kappa shape index (κ2) is 7.38. The van der Waals surface area contributed by atoms with Crippen molar-refractivity contribution in [3.8, 4) is 0 Å². The minimum Gasteiger partial charge on any atom is -0.325 e. The fourth-order valence-electron chi connectivity index (χ4n) is 1.79. The summed E-state index contributed by atoms with van der Waals surface area (Å²) in [6, 6.07) is 4.89. The van der Waals surface area contributed by atoms with Crippen LogP contribution in [-0.2, 0) is 6.18 Å². The van der Waals surface area contributed by atoms with Gasteiger partial charge in [0, 0.05) is 6.20 Å². The van der Waals surface area contributed by atoms with Gasteiger partial charge < -0.3 is 11.1 Å². The number of Topliss-reactive ketones (excluding diaryl/α,β-unsaturated/α-hetero) is 1. The van der Waals surface area contributed by atoms with Gasteiger partial charge in [0.2, 0.25) is 0 Å². The molecule has 2 heterocycles. The second-order valence-electron chi connectivity index (χ2n) is 4.59. The average Bonchev–Trinajstić information content (AvgIpc) is 2.45. The molecule has 9 heteroatoms. The first kappa shape index (κ1) is 18.9. The quantitative estimate of drug-likeness (QED) is 0.831. The third-order valence-corrected chi connectivity index (χ3v) is 2.78. The van der Waals surface area contributed by atoms with Crippen molar-refractivity contribution in [2.45, 2.75) is 13.1 Å². The van der Waals surface area contributed by atoms with Crippen LogP contribution in [0, 0.1) is 6.92 Å². The molecule has 0 aliphatic rings. The van der Waals surface area contributed by atoms with Crippen LogP contribution in [0.1, 0.15) is 21.6 Å². The van der Waals surface area contributed by atoms with Gasteiger partial charge in [-0.2, -0.15) is 13.2 Å². The van der Waals surface area contributed by atoms with Crippen molar-refractivity contribution in [1.29, 1.82) is 0 Å². The van der Waals surface area contributed by atoms with Crippen LogP contribution in [-0.4, -0.2) is 22.3 Å². The fourth-order valence-corrected chi connectivity index (χ4v) is 1.79. The summed E-state index contributed by atoms with van der Waals surface area (Å²) < 4.78 is 38.0. The zero-order valence-electron chi connectivity index (χ0n) is 12.0. The molecule has 0 aliphatic heterocycles. The molecule has 0 spiro atoms. The number of nitrogens with zero attached hydrogens (tertiary/aromatic N) is 2. The van der Waals surface area contributed by atoms with Crippen molar-refractivity contribution in [2.24, 2.45) is 5.73 Å². The molecule has 0 aliphatic carbocycles. The Balaban J connectivity index is 0.00000264. The van der Waals surface area contributed by atoms with Gasteiger partial charge in [-0.3, -0.25) is 4.79 Å². The first-order valence-corrected chi connectivity index (χ1v) is 6.32. The summed E-state index contributed by atoms with van der Waals surface area (Å²) in [6.07, 6.45) is -3.41. The lowest BCUT2D eigenvalue weighted by molar-refractivity contribution is -0.137. The molecule has 5 nitrogen and oxygen atoms in total. The van der Waals surface area contributed by atoms with Gasteiger partial charge in [-0.1, -0.05) is 0 Å². The van der Waals surface area contributed by atoms with Gasteiger partial charge in [-0.15, -0.1) is 12.4 Å². The summed E-state index contributed by atoms with van der Waals surface area (Å²) in [5.74, 6) is -0.147. The van der Waals surface area contributed by atoms with Crippen LogP contribution in [0.4, 0.5) is 24.8 Å². The van der Waals surface area contributed by atoms with E-state index in [-0.39, 0.29) is 42.1 Å². The van der Waals surface area contributed by atoms with Crippen LogP contribution in [0.5, 0.6) is 0 Å². The summed E-state index contributed by atoms with van der Waals surface area (Å²) >= 11 is 0. The van der Waals surface area contributed by atoms with Crippen molar-refractivity contribution >= 4 is 29.8 Å². The number of hydrogen-bond donors (Lipinski definition) is 2. The van der Waals surface area contributed by atoms with Gasteiger partial charge in [0.25, 0.3) is 0 Å². The molecular weight excluding hydrogens is 333 g/mol. The highest BCUT2D eigenvalue weighted by Gasteiger charge is 2.30. The lowest BCUT2D eigenvalue weighted by atomic mass is 10.2. The maximum absolute atomic E-state index is 12.7. The largest absolute Gasteiger partial charge is 0.416 e. The number of halogens is 4. The smallest absolute Gasteiger partial charge is 0.325 e. The minimum atomic E-state index is -4.46. The molecule has 23 heavy (non-hydrogen) atoms. The van der Waals surface area contributed by atoms with E-state index < -0.39 is 11.7 Å². The molecule has 0 saturated carbocycles. The normalized spacial score (nSPS) is 10.8. The van der Waals surface area contributed by atoms with Crippen molar-refractivity contribution in [3.05, 3.63) is 47.3 Å². The van der Waals surface area contributed by atoms with Crippen LogP contribution in [0.2, 0.25) is 0 Å². The molecule has 3 N–H and O–H groups in total. The van der Waals surface area contributed by atoms with Crippen molar-refractivity contribution in [2.75, 3.05) is 11.9 Å². The van der Waals surface area contributed by atoms with E-state index >= 15 is 0 Å². The van der Waals surface area contributed by atoms with E-state index in [9.17, 15) is 18.0 Å². The number of hydrogen-bond acceptors (Lipinski definition) is 5. The molecule has 2 rings (SSSR count). The fraction of sp³-hybridized carbons (Fsp3) is 0.214. The lowest BCUT2D eigenvalue weighted by Crippen LogP contribution is -2.16. The zero-order chi connectivity index (χ0) is 16.3. The number of anilines is 2. The monoisotopic (exact) mass is 346 g/mol. The van der Waals surface area contributed by atoms with Crippen molar-refractivity contribution in [3.63, 3.8) is 0 Å². The number of carbonyl (C=O) groups excluding carboxylic acids is 1. The molecule has 2 aromatic rings. The number of pyridine rings is 2. The molecule has 0 atom stereocenters. The highest BCUT2D eigenvalue weighted by molar-refractivity contribution is 5.96. The van der Waals surface area contributed by atoms with E-state index in [1.807, 2.05) is 0 Å². The molecule has 2 aromatic heterocycles. The van der Waals surface area contributed by atoms with Gasteiger partial charge in [0.05, 0.1) is 12.1 Å². The van der Waals surface area contributed by atoms with Gasteiger partial charge in [-0.25, -0.2) is 9.97 Å². The van der Waals surface area contributed by atoms with Crippen LogP contribution >= 0.6 is 12.4 Å². The molecule has 0 aromatic carbocycles. The topological polar surface area (TPSA) is 80.9 Å². The number of aromatic nitrogens is 2. The van der Waals surface area contributed by atoms with E-state index in [0.29, 0.717) is 0 Å². The summed E-state index contributed by atoms with van der Waals surface area (Å²) in [6.45, 7) is 1.54. The Labute approximate surface area is 136 Å². The molecule has 0 unspecified atom stereocenters. The molecule has 0 fully saturated rings. The number of aryl methyl sites for hydroxylation is 1. The van der Waals surface area contributed by atoms with Crippen LogP contribution in [0.25, 0.3) is 0 Å². The number of alkyl halides is 3. The Bertz CT molecular complexity index is 707. The lowest BCUT2D eigenvalue weighted by Gasteiger charge is -2.10. The minimum absolute atomic E-state index is 0. The molecule has 0 radical (unpaired) electrons. The standard InChI is InChI=1S/C14H13F3N4O.ClH/c1-8-4-10(11(22)7-18)20-13(5-8)21-12-6-9(2-3-19-12)14(15,16)17;/h2-6H,7,18H2,1H3,(H,19,20,21);1H. The molecule has 124 valence electrons. The maximum Gasteiger partial charge on any atom is 0.416 e. The highest BCUT2D eigenvalue weighted by atomic mass is 35.5. The van der Waals surface area contributed by atoms with Gasteiger partial charge in [0.15, 0.2) is 5.78 Å². The van der Waals surface area contributed by atoms with Crippen molar-refractivity contribution < 1.29 is 18.0 Å². The second-order valence-corrected chi connectivity index (χ2v) is 4.59. The van der Waals surface area contributed by atoms with Crippen LogP contribution in [0.3, 0.4) is 0 Å². The Hall–Kier alpha value is -2.19. The third kappa shape index (κ3) is 4.90. The summed E-state index contributed by atoms with van der Waals surface area (Å²) in [7, 11) is 0. The zero-order valence-corrected chi connectivity index (χ0v) is 12.8. The summed E-state index contributed by atoms with van der Waals surface area (Å²) in [5.41, 5.74) is 5.33. The first-order valence-electron chi connectivity index (χ1n) is 6.32. The van der Waals surface area contributed by atoms with Gasteiger partial charge in [0.1, 0.15) is 17.3 Å². The van der Waals surface area contributed by atoms with E-state index in [0.717, 1.165) is 23.9 Å². The molecular formula is C14H14ClF3N4O. The Morgan fingerprint density at radius 2 is 1.96 bits per heavy atom. The van der Waals surface area contributed by atoms with Crippen molar-refractivity contribution in [1.82, 2.24) is 9.97 Å². The maximum atomic E-state index is 12.7. The van der Waals surface area contributed by atoms with Crippen LogP contribution in [0.15, 0.2) is 30.5 Å². The van der Waals surface area contributed by atoms with E-state index in [1.165, 1.54) is 0 Å².